The number of nitrogens with zero attached hydrogens (tertiary/aromatic N) is 3. The predicted molar refractivity (Wildman–Crippen MR) is 84.1 cm³/mol. The van der Waals surface area contributed by atoms with Gasteiger partial charge in [0, 0.05) is 12.3 Å². The third-order valence-electron chi connectivity index (χ3n) is 2.79. The molecule has 6 nitrogen and oxygen atoms in total. The summed E-state index contributed by atoms with van der Waals surface area (Å²) in [4.78, 5) is 28.2. The van der Waals surface area contributed by atoms with Crippen LogP contribution in [0, 0.1) is 17.1 Å². The maximum Gasteiger partial charge on any atom is 0.259 e. The highest BCUT2D eigenvalue weighted by atomic mass is 32.1. The van der Waals surface area contributed by atoms with Gasteiger partial charge in [-0.1, -0.05) is 12.1 Å². The number of anilines is 2. The normalized spacial score (nSPS) is 10.9. The molecule has 2 amide bonds. The molecule has 1 aromatic carbocycles. The van der Waals surface area contributed by atoms with Crippen molar-refractivity contribution in [2.45, 2.75) is 6.92 Å². The molecule has 2 aromatic rings. The highest BCUT2D eigenvalue weighted by molar-refractivity contribution is 7.14. The molecule has 2 N–H and O–H groups in total. The number of amides is 2. The molecule has 0 saturated heterocycles. The summed E-state index contributed by atoms with van der Waals surface area (Å²) in [6.45, 7) is 1.29. The number of benzene rings is 1. The Labute approximate surface area is 135 Å². The molecule has 0 radical (unpaired) electrons. The Morgan fingerprint density at radius 2 is 2.13 bits per heavy atom. The largest absolute Gasteiger partial charge is 0.365 e. The second kappa shape index (κ2) is 6.81. The Bertz CT molecular complexity index is 838. The van der Waals surface area contributed by atoms with Gasteiger partial charge in [-0.05, 0) is 18.2 Å². The third-order valence-corrected chi connectivity index (χ3v) is 3.63. The molecule has 0 unspecified atom stereocenters. The van der Waals surface area contributed by atoms with E-state index in [1.54, 1.807) is 12.1 Å². The van der Waals surface area contributed by atoms with Gasteiger partial charge in [0.25, 0.3) is 5.91 Å². The quantitative estimate of drug-likeness (QED) is 0.687. The van der Waals surface area contributed by atoms with E-state index in [1.807, 2.05) is 0 Å². The van der Waals surface area contributed by atoms with Crippen molar-refractivity contribution in [3.05, 3.63) is 46.7 Å². The summed E-state index contributed by atoms with van der Waals surface area (Å²) in [5, 5.41) is 10.6. The van der Waals surface area contributed by atoms with Crippen LogP contribution in [0.4, 0.5) is 15.2 Å². The monoisotopic (exact) mass is 330 g/mol. The molecular weight excluding hydrogens is 319 g/mol. The molecule has 0 saturated carbocycles. The van der Waals surface area contributed by atoms with Gasteiger partial charge in [-0.25, -0.2) is 9.37 Å². The molecule has 1 heterocycles. The van der Waals surface area contributed by atoms with Crippen molar-refractivity contribution in [3.63, 3.8) is 0 Å². The zero-order chi connectivity index (χ0) is 17.0. The van der Waals surface area contributed by atoms with E-state index in [-0.39, 0.29) is 22.1 Å². The van der Waals surface area contributed by atoms with Crippen LogP contribution in [0.3, 0.4) is 0 Å². The lowest BCUT2D eigenvalue weighted by Crippen LogP contribution is -2.23. The van der Waals surface area contributed by atoms with E-state index in [1.165, 1.54) is 36.6 Å². The fraction of sp³-hybridized carbons (Fsp3) is 0.0667. The number of thiazole rings is 1. The van der Waals surface area contributed by atoms with Gasteiger partial charge in [0.2, 0.25) is 5.91 Å². The van der Waals surface area contributed by atoms with Crippen LogP contribution in [0.25, 0.3) is 6.08 Å². The smallest absolute Gasteiger partial charge is 0.259 e. The van der Waals surface area contributed by atoms with Crippen molar-refractivity contribution in [3.8, 4) is 6.07 Å². The van der Waals surface area contributed by atoms with Gasteiger partial charge in [-0.15, -0.1) is 11.3 Å². The van der Waals surface area contributed by atoms with E-state index in [4.69, 9.17) is 11.0 Å². The number of primary amides is 1. The van der Waals surface area contributed by atoms with Crippen LogP contribution in [0.5, 0.6) is 0 Å². The Hall–Kier alpha value is -3.05. The van der Waals surface area contributed by atoms with Gasteiger partial charge in [0.15, 0.2) is 5.13 Å². The number of para-hydroxylation sites is 1. The average molecular weight is 330 g/mol. The van der Waals surface area contributed by atoms with Crippen LogP contribution in [-0.2, 0) is 9.59 Å². The lowest BCUT2D eigenvalue weighted by atomic mass is 10.2. The molecule has 2 rings (SSSR count). The second-order valence-electron chi connectivity index (χ2n) is 4.39. The molecule has 0 aliphatic rings. The van der Waals surface area contributed by atoms with Crippen LogP contribution in [0.2, 0.25) is 0 Å². The maximum absolute atomic E-state index is 13.9. The molecule has 0 spiro atoms. The number of halogens is 1. The number of hydrogen-bond acceptors (Lipinski definition) is 5. The lowest BCUT2D eigenvalue weighted by molar-refractivity contribution is -0.116. The first-order chi connectivity index (χ1) is 10.9. The number of nitriles is 1. The van der Waals surface area contributed by atoms with Gasteiger partial charge in [-0.2, -0.15) is 5.26 Å². The Morgan fingerprint density at radius 3 is 2.70 bits per heavy atom. The first-order valence-corrected chi connectivity index (χ1v) is 7.24. The molecule has 23 heavy (non-hydrogen) atoms. The van der Waals surface area contributed by atoms with E-state index in [9.17, 15) is 14.0 Å². The van der Waals surface area contributed by atoms with Gasteiger partial charge in [0.05, 0.1) is 11.4 Å². The number of rotatable bonds is 4. The zero-order valence-corrected chi connectivity index (χ0v) is 12.8. The van der Waals surface area contributed by atoms with Crippen molar-refractivity contribution >= 4 is 40.0 Å². The fourth-order valence-electron chi connectivity index (χ4n) is 1.79. The van der Waals surface area contributed by atoms with Crippen LogP contribution >= 0.6 is 11.3 Å². The van der Waals surface area contributed by atoms with E-state index < -0.39 is 17.6 Å². The summed E-state index contributed by atoms with van der Waals surface area (Å²) in [7, 11) is 0. The fourth-order valence-corrected chi connectivity index (χ4v) is 2.63. The highest BCUT2D eigenvalue weighted by Gasteiger charge is 2.20. The Morgan fingerprint density at radius 1 is 1.43 bits per heavy atom. The van der Waals surface area contributed by atoms with E-state index >= 15 is 0 Å². The minimum atomic E-state index is -0.875. The first kappa shape index (κ1) is 16.3. The summed E-state index contributed by atoms with van der Waals surface area (Å²) in [6, 6.07) is 7.47. The molecule has 0 atom stereocenters. The van der Waals surface area contributed by atoms with E-state index in [2.05, 4.69) is 4.98 Å². The number of carbonyl (C=O) groups is 2. The van der Waals surface area contributed by atoms with Crippen molar-refractivity contribution in [1.82, 2.24) is 4.98 Å². The molecule has 0 fully saturated rings. The second-order valence-corrected chi connectivity index (χ2v) is 5.23. The summed E-state index contributed by atoms with van der Waals surface area (Å²) in [6.07, 6.45) is 1.21. The van der Waals surface area contributed by atoms with Gasteiger partial charge in [-0.3, -0.25) is 14.5 Å². The van der Waals surface area contributed by atoms with E-state index in [0.717, 1.165) is 16.2 Å². The summed E-state index contributed by atoms with van der Waals surface area (Å²) >= 11 is 1.07. The molecule has 0 bridgehead atoms. The molecule has 0 aliphatic heterocycles. The first-order valence-electron chi connectivity index (χ1n) is 6.36. The van der Waals surface area contributed by atoms with Crippen LogP contribution in [-0.4, -0.2) is 16.8 Å². The van der Waals surface area contributed by atoms with E-state index in [0.29, 0.717) is 0 Å². The minimum absolute atomic E-state index is 0.0697. The molecule has 1 aromatic heterocycles. The van der Waals surface area contributed by atoms with Gasteiger partial charge >= 0.3 is 0 Å². The van der Waals surface area contributed by atoms with Crippen molar-refractivity contribution in [2.75, 3.05) is 4.90 Å². The predicted octanol–water partition coefficient (Wildman–Crippen LogP) is 2.36. The van der Waals surface area contributed by atoms with Crippen molar-refractivity contribution in [1.29, 1.82) is 5.26 Å². The Kier molecular flexibility index (Phi) is 4.83. The van der Waals surface area contributed by atoms with Crippen LogP contribution in [0.15, 0.2) is 35.2 Å². The number of carbonyl (C=O) groups excluding carboxylic acids is 2. The molecule has 8 heteroatoms. The topological polar surface area (TPSA) is 100 Å². The van der Waals surface area contributed by atoms with Crippen molar-refractivity contribution < 1.29 is 14.0 Å². The lowest BCUT2D eigenvalue weighted by Gasteiger charge is -2.18. The molecule has 116 valence electrons. The molecule has 0 aliphatic carbocycles. The summed E-state index contributed by atoms with van der Waals surface area (Å²) in [5.74, 6) is -1.86. The Balaban J connectivity index is 2.45. The van der Waals surface area contributed by atoms with Crippen molar-refractivity contribution in [2.24, 2.45) is 5.73 Å². The number of nitrogens with two attached hydrogens (primary N) is 1. The summed E-state index contributed by atoms with van der Waals surface area (Å²) < 4.78 is 13.9. The van der Waals surface area contributed by atoms with Crippen LogP contribution in [0.1, 0.15) is 12.6 Å². The minimum Gasteiger partial charge on any atom is -0.365 e. The maximum atomic E-state index is 13.9. The average Bonchev–Trinajstić information content (AvgIpc) is 2.94. The van der Waals surface area contributed by atoms with Gasteiger partial charge in [0.1, 0.15) is 17.5 Å². The van der Waals surface area contributed by atoms with Crippen LogP contribution < -0.4 is 10.6 Å². The SMILES string of the molecule is CC(=O)N(c1nc(/C=C(\C#N)C(N)=O)cs1)c1ccccc1F. The summed E-state index contributed by atoms with van der Waals surface area (Å²) in [5.41, 5.74) is 5.14. The number of aromatic nitrogens is 1. The number of hydrogen-bond donors (Lipinski definition) is 1. The zero-order valence-electron chi connectivity index (χ0n) is 12.0. The highest BCUT2D eigenvalue weighted by Crippen LogP contribution is 2.31. The molecular formula is C15H11FN4O2S. The standard InChI is InChI=1S/C15H11FN4O2S/c1-9(21)20(13-5-3-2-4-12(13)16)15-19-11(8-23-15)6-10(7-17)14(18)22/h2-6,8H,1H3,(H2,18,22)/b10-6+. The third kappa shape index (κ3) is 3.59. The van der Waals surface area contributed by atoms with Gasteiger partial charge < -0.3 is 5.73 Å².